The van der Waals surface area contributed by atoms with E-state index < -0.39 is 12.8 Å². The quantitative estimate of drug-likeness (QED) is 0.657. The van der Waals surface area contributed by atoms with E-state index in [1.807, 2.05) is 30.3 Å². The Kier molecular flexibility index (Phi) is 6.55. The Morgan fingerprint density at radius 3 is 2.59 bits per heavy atom. The highest BCUT2D eigenvalue weighted by atomic mass is 79.9. The summed E-state index contributed by atoms with van der Waals surface area (Å²) in [6, 6.07) is 14.6. The average molecular weight is 367 g/mol. The monoisotopic (exact) mass is 366 g/mol. The number of carbonyl (C=O) groups is 1. The molecule has 0 bridgehead atoms. The van der Waals surface area contributed by atoms with E-state index in [0.717, 1.165) is 11.8 Å². The van der Waals surface area contributed by atoms with Gasteiger partial charge in [-0.05, 0) is 27.6 Å². The van der Waals surface area contributed by atoms with E-state index in [1.54, 1.807) is 18.2 Å². The summed E-state index contributed by atoms with van der Waals surface area (Å²) in [6.45, 7) is -0.240. The largest absolute Gasteiger partial charge is 0.490 e. The van der Waals surface area contributed by atoms with Crippen LogP contribution in [0, 0.1) is 0 Å². The van der Waals surface area contributed by atoms with Crippen molar-refractivity contribution in [1.82, 2.24) is 0 Å². The first-order chi connectivity index (χ1) is 10.7. The first-order valence-corrected chi connectivity index (χ1v) is 7.62. The van der Waals surface area contributed by atoms with Gasteiger partial charge >= 0.3 is 0 Å². The zero-order valence-corrected chi connectivity index (χ0v) is 13.5. The molecule has 2 rings (SSSR count). The van der Waals surface area contributed by atoms with Gasteiger partial charge in [0.1, 0.15) is 25.1 Å². The van der Waals surface area contributed by atoms with Crippen molar-refractivity contribution >= 4 is 22.2 Å². The fourth-order valence-electron chi connectivity index (χ4n) is 1.84. The van der Waals surface area contributed by atoms with Gasteiger partial charge in [-0.2, -0.15) is 0 Å². The normalized spacial score (nSPS) is 11.9. The van der Waals surface area contributed by atoms with Crippen molar-refractivity contribution in [2.75, 3.05) is 13.3 Å². The summed E-state index contributed by atoms with van der Waals surface area (Å²) >= 11 is 3.30. The van der Waals surface area contributed by atoms with Crippen LogP contribution in [0.15, 0.2) is 53.0 Å². The van der Waals surface area contributed by atoms with E-state index in [4.69, 9.17) is 9.47 Å². The molecule has 0 amide bonds. The lowest BCUT2D eigenvalue weighted by atomic mass is 10.2. The van der Waals surface area contributed by atoms with Crippen molar-refractivity contribution in [1.29, 1.82) is 0 Å². The van der Waals surface area contributed by atoms with Crippen molar-refractivity contribution in [3.8, 4) is 5.75 Å². The third kappa shape index (κ3) is 4.64. The smallest absolute Gasteiger partial charge is 0.151 e. The van der Waals surface area contributed by atoms with Crippen LogP contribution in [0.4, 0.5) is 4.39 Å². The van der Waals surface area contributed by atoms with Gasteiger partial charge in [-0.1, -0.05) is 42.5 Å². The van der Waals surface area contributed by atoms with Crippen LogP contribution in [-0.2, 0) is 11.3 Å². The lowest BCUT2D eigenvalue weighted by molar-refractivity contribution is -0.00452. The zero-order chi connectivity index (χ0) is 15.8. The molecule has 5 heteroatoms. The van der Waals surface area contributed by atoms with Crippen molar-refractivity contribution in [3.63, 3.8) is 0 Å². The van der Waals surface area contributed by atoms with Crippen LogP contribution in [0.2, 0.25) is 0 Å². The number of halogens is 2. The van der Waals surface area contributed by atoms with Gasteiger partial charge < -0.3 is 9.47 Å². The molecule has 3 nitrogen and oxygen atoms in total. The minimum absolute atomic E-state index is 0.0737. The molecule has 116 valence electrons. The molecule has 0 fully saturated rings. The van der Waals surface area contributed by atoms with Crippen LogP contribution in [-0.4, -0.2) is 25.7 Å². The Morgan fingerprint density at radius 1 is 1.14 bits per heavy atom. The highest BCUT2D eigenvalue weighted by Crippen LogP contribution is 2.27. The van der Waals surface area contributed by atoms with E-state index in [-0.39, 0.29) is 6.61 Å². The predicted molar refractivity (Wildman–Crippen MR) is 86.0 cm³/mol. The number of alkyl halides is 1. The number of hydrogen-bond acceptors (Lipinski definition) is 3. The van der Waals surface area contributed by atoms with Gasteiger partial charge in [0.15, 0.2) is 6.29 Å². The summed E-state index contributed by atoms with van der Waals surface area (Å²) < 4.78 is 24.7. The van der Waals surface area contributed by atoms with Gasteiger partial charge in [0.25, 0.3) is 0 Å². The molecule has 0 radical (unpaired) electrons. The SMILES string of the molecule is O=Cc1cccc(OC[C@@H](CF)OCc2ccccc2)c1Br. The summed E-state index contributed by atoms with van der Waals surface area (Å²) in [5.41, 5.74) is 1.46. The first-order valence-electron chi connectivity index (χ1n) is 6.82. The minimum Gasteiger partial charge on any atom is -0.490 e. The molecule has 0 aliphatic rings. The van der Waals surface area contributed by atoms with Crippen molar-refractivity contribution < 1.29 is 18.7 Å². The van der Waals surface area contributed by atoms with Gasteiger partial charge in [0, 0.05) is 5.56 Å². The highest BCUT2D eigenvalue weighted by Gasteiger charge is 2.12. The second-order valence-corrected chi connectivity index (χ2v) is 5.45. The third-order valence-electron chi connectivity index (χ3n) is 3.05. The zero-order valence-electron chi connectivity index (χ0n) is 11.9. The van der Waals surface area contributed by atoms with Gasteiger partial charge in [0.05, 0.1) is 11.1 Å². The number of rotatable bonds is 8. The number of ether oxygens (including phenoxy) is 2. The Hall–Kier alpha value is -1.72. The molecule has 0 aliphatic heterocycles. The number of benzene rings is 2. The standard InChI is InChI=1S/C17H16BrFO3/c18-17-14(10-20)7-4-8-16(17)22-12-15(9-19)21-11-13-5-2-1-3-6-13/h1-8,10,15H,9,11-12H2/t15-/m1/s1. The third-order valence-corrected chi connectivity index (χ3v) is 3.89. The highest BCUT2D eigenvalue weighted by molar-refractivity contribution is 9.10. The molecule has 0 spiro atoms. The average Bonchev–Trinajstić information content (AvgIpc) is 2.57. The van der Waals surface area contributed by atoms with Crippen LogP contribution < -0.4 is 4.74 Å². The summed E-state index contributed by atoms with van der Waals surface area (Å²) in [6.07, 6.45) is 0.0714. The lowest BCUT2D eigenvalue weighted by Crippen LogP contribution is -2.24. The molecule has 22 heavy (non-hydrogen) atoms. The second kappa shape index (κ2) is 8.66. The van der Waals surface area contributed by atoms with Crippen molar-refractivity contribution in [2.24, 2.45) is 0 Å². The summed E-state index contributed by atoms with van der Waals surface area (Å²) in [5.74, 6) is 0.492. The van der Waals surface area contributed by atoms with Gasteiger partial charge in [-0.25, -0.2) is 4.39 Å². The Bertz CT molecular complexity index is 604. The molecule has 0 aromatic heterocycles. The van der Waals surface area contributed by atoms with Gasteiger partial charge in [-0.15, -0.1) is 0 Å². The van der Waals surface area contributed by atoms with Crippen molar-refractivity contribution in [2.45, 2.75) is 12.7 Å². The molecule has 0 saturated heterocycles. The van der Waals surface area contributed by atoms with Crippen LogP contribution >= 0.6 is 15.9 Å². The molecule has 0 saturated carbocycles. The first kappa shape index (κ1) is 16.6. The summed E-state index contributed by atoms with van der Waals surface area (Å²) in [7, 11) is 0. The van der Waals surface area contributed by atoms with E-state index in [1.165, 1.54) is 0 Å². The van der Waals surface area contributed by atoms with Crippen LogP contribution in [0.1, 0.15) is 15.9 Å². The predicted octanol–water partition coefficient (Wildman–Crippen LogP) is 4.20. The maximum Gasteiger partial charge on any atom is 0.151 e. The number of aldehydes is 1. The topological polar surface area (TPSA) is 35.5 Å². The molecule has 1 atom stereocenters. The Labute approximate surface area is 137 Å². The van der Waals surface area contributed by atoms with Crippen LogP contribution in [0.5, 0.6) is 5.75 Å². The van der Waals surface area contributed by atoms with Crippen molar-refractivity contribution in [3.05, 3.63) is 64.1 Å². The Morgan fingerprint density at radius 2 is 1.91 bits per heavy atom. The molecule has 2 aromatic rings. The van der Waals surface area contributed by atoms with E-state index in [2.05, 4.69) is 15.9 Å². The maximum atomic E-state index is 13.0. The fourth-order valence-corrected chi connectivity index (χ4v) is 2.31. The van der Waals surface area contributed by atoms with Crippen LogP contribution in [0.3, 0.4) is 0 Å². The molecule has 2 aromatic carbocycles. The maximum absolute atomic E-state index is 13.0. The van der Waals surface area contributed by atoms with E-state index >= 15 is 0 Å². The second-order valence-electron chi connectivity index (χ2n) is 4.66. The minimum atomic E-state index is -0.660. The summed E-state index contributed by atoms with van der Waals surface area (Å²) in [5, 5.41) is 0. The molecular formula is C17H16BrFO3. The molecule has 0 N–H and O–H groups in total. The number of carbonyl (C=O) groups excluding carboxylic acids is 1. The Balaban J connectivity index is 1.90. The van der Waals surface area contributed by atoms with E-state index in [0.29, 0.717) is 22.4 Å². The molecule has 0 heterocycles. The van der Waals surface area contributed by atoms with Gasteiger partial charge in [-0.3, -0.25) is 4.79 Å². The lowest BCUT2D eigenvalue weighted by Gasteiger charge is -2.16. The molecule has 0 unspecified atom stereocenters. The number of hydrogen-bond donors (Lipinski definition) is 0. The summed E-state index contributed by atoms with van der Waals surface area (Å²) in [4.78, 5) is 10.9. The molecule has 0 aliphatic carbocycles. The van der Waals surface area contributed by atoms with E-state index in [9.17, 15) is 9.18 Å². The molecular weight excluding hydrogens is 351 g/mol. The van der Waals surface area contributed by atoms with Gasteiger partial charge in [0.2, 0.25) is 0 Å². The fraction of sp³-hybridized carbons (Fsp3) is 0.235. The van der Waals surface area contributed by atoms with Crippen LogP contribution in [0.25, 0.3) is 0 Å².